The molecule has 0 amide bonds. The first-order valence-electron chi connectivity index (χ1n) is 9.40. The molecule has 0 bridgehead atoms. The van der Waals surface area contributed by atoms with Crippen molar-refractivity contribution in [2.45, 2.75) is 70.5 Å². The summed E-state index contributed by atoms with van der Waals surface area (Å²) in [5, 5.41) is 21.7. The molecular weight excluding hydrogens is 288 g/mol. The van der Waals surface area contributed by atoms with Gasteiger partial charge in [0.05, 0.1) is 25.1 Å². The Morgan fingerprint density at radius 1 is 1.26 bits per heavy atom. The molecule has 4 aliphatic carbocycles. The van der Waals surface area contributed by atoms with Crippen molar-refractivity contribution in [3.8, 4) is 0 Å². The zero-order valence-electron chi connectivity index (χ0n) is 14.4. The molecule has 3 heteroatoms. The standard InChI is InChI=1S/C20H30O3/c1-3-20-11-17(21)19-14-7-5-13(23-2)10-12(14)4-6-15(19)16(20)8-9-18(20)22/h5,15-19,21-22H,3-4,6-11H2,1-2H3/t15-,16-,17+,18-,19+,20-/m0/s1. The van der Waals surface area contributed by atoms with E-state index < -0.39 is 0 Å². The van der Waals surface area contributed by atoms with Crippen LogP contribution in [0, 0.1) is 23.2 Å². The number of fused-ring (bicyclic) bond motifs is 4. The summed E-state index contributed by atoms with van der Waals surface area (Å²) in [5.41, 5.74) is 2.99. The van der Waals surface area contributed by atoms with Crippen LogP contribution in [-0.2, 0) is 4.74 Å². The van der Waals surface area contributed by atoms with Crippen molar-refractivity contribution in [1.29, 1.82) is 0 Å². The summed E-state index contributed by atoms with van der Waals surface area (Å²) < 4.78 is 5.45. The molecule has 0 aromatic carbocycles. The van der Waals surface area contributed by atoms with Crippen LogP contribution in [0.3, 0.4) is 0 Å². The lowest BCUT2D eigenvalue weighted by molar-refractivity contribution is -0.104. The Hall–Kier alpha value is -0.800. The maximum Gasteiger partial charge on any atom is 0.0959 e. The highest BCUT2D eigenvalue weighted by Crippen LogP contribution is 2.62. The van der Waals surface area contributed by atoms with E-state index in [4.69, 9.17) is 4.74 Å². The SMILES string of the molecule is CC[C@]12C[C@@H](O)[C@@H]3C4=C(CC[C@H]3[C@@H]1CC[C@@H]2O)CC(OC)=CC4. The van der Waals surface area contributed by atoms with Crippen molar-refractivity contribution in [1.82, 2.24) is 0 Å². The Labute approximate surface area is 139 Å². The fraction of sp³-hybridized carbons (Fsp3) is 0.800. The fourth-order valence-corrected chi connectivity index (χ4v) is 6.53. The van der Waals surface area contributed by atoms with Crippen LogP contribution in [0.5, 0.6) is 0 Å². The van der Waals surface area contributed by atoms with Crippen LogP contribution >= 0.6 is 0 Å². The molecule has 0 radical (unpaired) electrons. The van der Waals surface area contributed by atoms with E-state index in [-0.39, 0.29) is 17.6 Å². The average Bonchev–Trinajstić information content (AvgIpc) is 2.91. The van der Waals surface area contributed by atoms with Crippen molar-refractivity contribution in [3.05, 3.63) is 23.0 Å². The predicted octanol–water partition coefficient (Wildman–Crippen LogP) is 3.57. The molecule has 0 aromatic heterocycles. The van der Waals surface area contributed by atoms with Crippen LogP contribution in [0.4, 0.5) is 0 Å². The van der Waals surface area contributed by atoms with E-state index in [1.54, 1.807) is 7.11 Å². The molecule has 0 saturated heterocycles. The first kappa shape index (κ1) is 15.7. The minimum atomic E-state index is -0.285. The van der Waals surface area contributed by atoms with E-state index in [0.717, 1.165) is 50.7 Å². The zero-order chi connectivity index (χ0) is 16.2. The largest absolute Gasteiger partial charge is 0.501 e. The monoisotopic (exact) mass is 318 g/mol. The van der Waals surface area contributed by atoms with Gasteiger partial charge in [0.2, 0.25) is 0 Å². The van der Waals surface area contributed by atoms with Gasteiger partial charge in [-0.1, -0.05) is 18.1 Å². The third-order valence-corrected chi connectivity index (χ3v) is 7.63. The van der Waals surface area contributed by atoms with E-state index in [1.807, 2.05) is 0 Å². The summed E-state index contributed by atoms with van der Waals surface area (Å²) in [6, 6.07) is 0. The molecule has 2 saturated carbocycles. The Morgan fingerprint density at radius 2 is 2.09 bits per heavy atom. The Kier molecular flexibility index (Phi) is 3.85. The molecule has 3 nitrogen and oxygen atoms in total. The number of rotatable bonds is 2. The van der Waals surface area contributed by atoms with Crippen LogP contribution in [0.2, 0.25) is 0 Å². The van der Waals surface area contributed by atoms with Crippen LogP contribution in [0.1, 0.15) is 58.3 Å². The van der Waals surface area contributed by atoms with Gasteiger partial charge < -0.3 is 14.9 Å². The van der Waals surface area contributed by atoms with Gasteiger partial charge in [0, 0.05) is 17.8 Å². The average molecular weight is 318 g/mol. The maximum atomic E-state index is 11.0. The molecule has 2 N–H and O–H groups in total. The molecular formula is C20H30O3. The number of hydrogen-bond acceptors (Lipinski definition) is 3. The second-order valence-corrected chi connectivity index (χ2v) is 8.17. The molecule has 128 valence electrons. The first-order valence-corrected chi connectivity index (χ1v) is 9.40. The van der Waals surface area contributed by atoms with E-state index >= 15 is 0 Å². The second-order valence-electron chi connectivity index (χ2n) is 8.17. The minimum Gasteiger partial charge on any atom is -0.501 e. The molecule has 0 spiro atoms. The summed E-state index contributed by atoms with van der Waals surface area (Å²) in [6.07, 6.45) is 9.78. The molecule has 0 aliphatic heterocycles. The quantitative estimate of drug-likeness (QED) is 0.765. The van der Waals surface area contributed by atoms with Gasteiger partial charge in [0.1, 0.15) is 0 Å². The van der Waals surface area contributed by atoms with Crippen molar-refractivity contribution < 1.29 is 14.9 Å². The van der Waals surface area contributed by atoms with E-state index in [1.165, 1.54) is 17.6 Å². The van der Waals surface area contributed by atoms with Gasteiger partial charge in [-0.25, -0.2) is 0 Å². The highest BCUT2D eigenvalue weighted by Gasteiger charge is 2.59. The maximum absolute atomic E-state index is 11.0. The smallest absolute Gasteiger partial charge is 0.0959 e. The lowest BCUT2D eigenvalue weighted by atomic mass is 9.52. The van der Waals surface area contributed by atoms with Crippen molar-refractivity contribution in [2.75, 3.05) is 7.11 Å². The Balaban J connectivity index is 1.67. The predicted molar refractivity (Wildman–Crippen MR) is 89.6 cm³/mol. The van der Waals surface area contributed by atoms with E-state index in [0.29, 0.717) is 17.8 Å². The van der Waals surface area contributed by atoms with E-state index in [9.17, 15) is 10.2 Å². The fourth-order valence-electron chi connectivity index (χ4n) is 6.53. The van der Waals surface area contributed by atoms with Gasteiger partial charge in [-0.05, 0) is 62.9 Å². The Morgan fingerprint density at radius 3 is 2.83 bits per heavy atom. The second kappa shape index (κ2) is 5.63. The number of aliphatic hydroxyl groups excluding tert-OH is 2. The lowest BCUT2D eigenvalue weighted by Gasteiger charge is -2.54. The number of ether oxygens (including phenoxy) is 1. The van der Waals surface area contributed by atoms with Crippen LogP contribution in [0.25, 0.3) is 0 Å². The summed E-state index contributed by atoms with van der Waals surface area (Å²) in [7, 11) is 1.76. The van der Waals surface area contributed by atoms with Gasteiger partial charge in [-0.15, -0.1) is 0 Å². The molecule has 23 heavy (non-hydrogen) atoms. The summed E-state index contributed by atoms with van der Waals surface area (Å²) >= 11 is 0. The number of methoxy groups -OCH3 is 1. The molecule has 0 aromatic rings. The summed E-state index contributed by atoms with van der Waals surface area (Å²) in [5.74, 6) is 2.57. The third kappa shape index (κ3) is 2.16. The molecule has 4 rings (SSSR count). The number of aliphatic hydroxyl groups is 2. The Bertz CT molecular complexity index is 549. The van der Waals surface area contributed by atoms with Crippen LogP contribution in [0.15, 0.2) is 23.0 Å². The molecule has 6 atom stereocenters. The van der Waals surface area contributed by atoms with Gasteiger partial charge in [-0.3, -0.25) is 0 Å². The normalized spacial score (nSPS) is 45.9. The number of hydrogen-bond donors (Lipinski definition) is 2. The van der Waals surface area contributed by atoms with Crippen molar-refractivity contribution >= 4 is 0 Å². The highest BCUT2D eigenvalue weighted by atomic mass is 16.5. The van der Waals surface area contributed by atoms with Gasteiger partial charge in [0.15, 0.2) is 0 Å². The van der Waals surface area contributed by atoms with Gasteiger partial charge in [-0.2, -0.15) is 0 Å². The lowest BCUT2D eigenvalue weighted by Crippen LogP contribution is -2.52. The third-order valence-electron chi connectivity index (χ3n) is 7.63. The van der Waals surface area contributed by atoms with Crippen molar-refractivity contribution in [3.63, 3.8) is 0 Å². The van der Waals surface area contributed by atoms with Gasteiger partial charge in [0.25, 0.3) is 0 Å². The minimum absolute atomic E-state index is 0.0269. The highest BCUT2D eigenvalue weighted by molar-refractivity contribution is 5.33. The zero-order valence-corrected chi connectivity index (χ0v) is 14.4. The van der Waals surface area contributed by atoms with Gasteiger partial charge >= 0.3 is 0 Å². The van der Waals surface area contributed by atoms with Crippen LogP contribution < -0.4 is 0 Å². The molecule has 0 heterocycles. The topological polar surface area (TPSA) is 49.7 Å². The molecule has 4 aliphatic rings. The van der Waals surface area contributed by atoms with Crippen LogP contribution in [-0.4, -0.2) is 29.5 Å². The van der Waals surface area contributed by atoms with Crippen molar-refractivity contribution in [2.24, 2.45) is 23.2 Å². The molecule has 0 unspecified atom stereocenters. The first-order chi connectivity index (χ1) is 11.1. The van der Waals surface area contributed by atoms with E-state index in [2.05, 4.69) is 13.0 Å². The summed E-state index contributed by atoms with van der Waals surface area (Å²) in [6.45, 7) is 2.20. The number of allylic oxidation sites excluding steroid dienone is 2. The molecule has 2 fully saturated rings. The summed E-state index contributed by atoms with van der Waals surface area (Å²) in [4.78, 5) is 0.